The summed E-state index contributed by atoms with van der Waals surface area (Å²) >= 11 is 0. The van der Waals surface area contributed by atoms with Gasteiger partial charge in [0.05, 0.1) is 23.6 Å². The second-order valence-electron chi connectivity index (χ2n) is 5.57. The summed E-state index contributed by atoms with van der Waals surface area (Å²) in [6, 6.07) is 5.67. The van der Waals surface area contributed by atoms with Gasteiger partial charge < -0.3 is 5.32 Å². The first-order valence-electron chi connectivity index (χ1n) is 7.40. The minimum absolute atomic E-state index is 0.0481. The zero-order chi connectivity index (χ0) is 15.4. The van der Waals surface area contributed by atoms with E-state index in [1.807, 2.05) is 11.6 Å². The number of nitrogens with zero attached hydrogens (tertiary/aromatic N) is 3. The Morgan fingerprint density at radius 1 is 1.33 bits per heavy atom. The molecule has 0 spiro atoms. The van der Waals surface area contributed by atoms with Crippen LogP contribution in [0.4, 0.5) is 4.39 Å². The highest BCUT2D eigenvalue weighted by Gasteiger charge is 2.17. The molecule has 2 aromatic heterocycles. The molecule has 1 N–H and O–H groups in total. The van der Waals surface area contributed by atoms with E-state index < -0.39 is 0 Å². The van der Waals surface area contributed by atoms with E-state index >= 15 is 0 Å². The van der Waals surface area contributed by atoms with Crippen molar-refractivity contribution in [1.82, 2.24) is 20.1 Å². The summed E-state index contributed by atoms with van der Waals surface area (Å²) in [6.45, 7) is 9.11. The third kappa shape index (κ3) is 4.11. The number of rotatable bonds is 6. The summed E-state index contributed by atoms with van der Waals surface area (Å²) in [4.78, 5) is 4.22. The van der Waals surface area contributed by atoms with E-state index in [0.29, 0.717) is 6.04 Å². The Morgan fingerprint density at radius 3 is 2.67 bits per heavy atom. The quantitative estimate of drug-likeness (QED) is 0.889. The predicted octanol–water partition coefficient (Wildman–Crippen LogP) is 3.03. The first-order valence-corrected chi connectivity index (χ1v) is 7.40. The normalized spacial score (nSPS) is 12.9. The van der Waals surface area contributed by atoms with Gasteiger partial charge in [-0.1, -0.05) is 13.8 Å². The molecule has 0 radical (unpaired) electrons. The molecule has 0 aromatic carbocycles. The number of halogens is 1. The maximum Gasteiger partial charge on any atom is 0.141 e. The van der Waals surface area contributed by atoms with E-state index in [2.05, 4.69) is 42.2 Å². The number of aromatic nitrogens is 3. The molecule has 0 bridgehead atoms. The predicted molar refractivity (Wildman–Crippen MR) is 81.5 cm³/mol. The third-order valence-corrected chi connectivity index (χ3v) is 3.34. The highest BCUT2D eigenvalue weighted by atomic mass is 19.1. The lowest BCUT2D eigenvalue weighted by atomic mass is 10.1. The number of nitrogens with one attached hydrogen (secondary N) is 1. The molecule has 114 valence electrons. The molecule has 0 amide bonds. The van der Waals surface area contributed by atoms with Gasteiger partial charge in [0, 0.05) is 24.7 Å². The Labute approximate surface area is 125 Å². The van der Waals surface area contributed by atoms with Gasteiger partial charge in [0.2, 0.25) is 0 Å². The highest BCUT2D eigenvalue weighted by Crippen LogP contribution is 2.18. The number of pyridine rings is 1. The minimum atomic E-state index is -0.309. The largest absolute Gasteiger partial charge is 0.306 e. The average molecular weight is 290 g/mol. The molecule has 21 heavy (non-hydrogen) atoms. The van der Waals surface area contributed by atoms with Crippen LogP contribution in [-0.2, 0) is 13.0 Å². The van der Waals surface area contributed by atoms with Crippen LogP contribution in [0.15, 0.2) is 24.4 Å². The monoisotopic (exact) mass is 290 g/mol. The summed E-state index contributed by atoms with van der Waals surface area (Å²) in [5.74, 6) is -0.309. The molecule has 0 aliphatic carbocycles. The smallest absolute Gasteiger partial charge is 0.141 e. The van der Waals surface area contributed by atoms with Gasteiger partial charge in [-0.05, 0) is 32.0 Å². The molecule has 0 saturated carbocycles. The van der Waals surface area contributed by atoms with E-state index in [1.54, 1.807) is 6.07 Å². The first-order chi connectivity index (χ1) is 9.99. The Morgan fingerprint density at radius 2 is 2.10 bits per heavy atom. The van der Waals surface area contributed by atoms with Crippen LogP contribution in [0, 0.1) is 12.7 Å². The summed E-state index contributed by atoms with van der Waals surface area (Å²) in [7, 11) is 0. The maximum absolute atomic E-state index is 13.1. The van der Waals surface area contributed by atoms with Crippen molar-refractivity contribution in [3.8, 4) is 0 Å². The zero-order valence-electron chi connectivity index (χ0n) is 13.1. The summed E-state index contributed by atoms with van der Waals surface area (Å²) in [5.41, 5.74) is 3.04. The molecule has 1 atom stereocenters. The lowest BCUT2D eigenvalue weighted by molar-refractivity contribution is 0.450. The molecule has 0 aliphatic heterocycles. The van der Waals surface area contributed by atoms with Crippen molar-refractivity contribution in [1.29, 1.82) is 0 Å². The Hall–Kier alpha value is -1.75. The van der Waals surface area contributed by atoms with Crippen LogP contribution >= 0.6 is 0 Å². The topological polar surface area (TPSA) is 42.7 Å². The van der Waals surface area contributed by atoms with E-state index in [4.69, 9.17) is 0 Å². The van der Waals surface area contributed by atoms with Crippen LogP contribution in [0.5, 0.6) is 0 Å². The molecule has 2 heterocycles. The molecule has 0 saturated heterocycles. The van der Waals surface area contributed by atoms with Crippen molar-refractivity contribution in [3.63, 3.8) is 0 Å². The van der Waals surface area contributed by atoms with Crippen LogP contribution in [-0.4, -0.2) is 20.8 Å². The summed E-state index contributed by atoms with van der Waals surface area (Å²) < 4.78 is 15.1. The molecule has 1 unspecified atom stereocenters. The van der Waals surface area contributed by atoms with Crippen LogP contribution in [0.1, 0.15) is 43.9 Å². The number of hydrogen-bond donors (Lipinski definition) is 1. The first kappa shape index (κ1) is 15.6. The van der Waals surface area contributed by atoms with Gasteiger partial charge in [-0.3, -0.25) is 9.67 Å². The van der Waals surface area contributed by atoms with Crippen molar-refractivity contribution in [3.05, 3.63) is 47.3 Å². The van der Waals surface area contributed by atoms with Crippen LogP contribution < -0.4 is 5.32 Å². The summed E-state index contributed by atoms with van der Waals surface area (Å²) in [5, 5.41) is 7.98. The van der Waals surface area contributed by atoms with Crippen molar-refractivity contribution >= 4 is 0 Å². The second-order valence-corrected chi connectivity index (χ2v) is 5.57. The van der Waals surface area contributed by atoms with Gasteiger partial charge in [0.15, 0.2) is 0 Å². The third-order valence-electron chi connectivity index (χ3n) is 3.34. The summed E-state index contributed by atoms with van der Waals surface area (Å²) in [6.07, 6.45) is 2.05. The van der Waals surface area contributed by atoms with Gasteiger partial charge in [-0.2, -0.15) is 5.10 Å². The minimum Gasteiger partial charge on any atom is -0.306 e. The van der Waals surface area contributed by atoms with Crippen molar-refractivity contribution < 1.29 is 4.39 Å². The molecule has 5 heteroatoms. The number of hydrogen-bond acceptors (Lipinski definition) is 3. The van der Waals surface area contributed by atoms with E-state index in [0.717, 1.165) is 24.4 Å². The van der Waals surface area contributed by atoms with Gasteiger partial charge in [0.25, 0.3) is 0 Å². The lowest BCUT2D eigenvalue weighted by Gasteiger charge is -2.21. The lowest BCUT2D eigenvalue weighted by Crippen LogP contribution is -2.31. The van der Waals surface area contributed by atoms with Crippen LogP contribution in [0.2, 0.25) is 0 Å². The van der Waals surface area contributed by atoms with Crippen LogP contribution in [0.3, 0.4) is 0 Å². The van der Waals surface area contributed by atoms with Crippen molar-refractivity contribution in [2.24, 2.45) is 0 Å². The molecular weight excluding hydrogens is 267 g/mol. The fourth-order valence-corrected chi connectivity index (χ4v) is 2.49. The fraction of sp³-hybridized carbons (Fsp3) is 0.500. The van der Waals surface area contributed by atoms with Gasteiger partial charge in [-0.15, -0.1) is 0 Å². The molecule has 0 fully saturated rings. The van der Waals surface area contributed by atoms with Gasteiger partial charge in [-0.25, -0.2) is 4.39 Å². The van der Waals surface area contributed by atoms with Crippen LogP contribution in [0.25, 0.3) is 0 Å². The molecule has 0 aliphatic rings. The van der Waals surface area contributed by atoms with E-state index in [1.165, 1.54) is 18.0 Å². The molecule has 2 aromatic rings. The highest BCUT2D eigenvalue weighted by molar-refractivity contribution is 5.16. The molecule has 4 nitrogen and oxygen atoms in total. The zero-order valence-corrected chi connectivity index (χ0v) is 13.1. The Balaban J connectivity index is 2.25. The van der Waals surface area contributed by atoms with Crippen molar-refractivity contribution in [2.45, 2.75) is 52.7 Å². The second kappa shape index (κ2) is 6.80. The maximum atomic E-state index is 13.1. The fourth-order valence-electron chi connectivity index (χ4n) is 2.49. The Kier molecular flexibility index (Phi) is 5.07. The standard InChI is InChI=1S/C16H23FN4/c1-5-21-14(8-12(4)20-21)9-16(19-11(2)3)15-7-6-13(17)10-18-15/h6-8,10-11,16,19H,5,9H2,1-4H3. The van der Waals surface area contributed by atoms with Gasteiger partial charge in [0.1, 0.15) is 5.82 Å². The molecular formula is C16H23FN4. The van der Waals surface area contributed by atoms with E-state index in [-0.39, 0.29) is 11.9 Å². The Bertz CT molecular complexity index is 574. The van der Waals surface area contributed by atoms with E-state index in [9.17, 15) is 4.39 Å². The SMILES string of the molecule is CCn1nc(C)cc1CC(NC(C)C)c1ccc(F)cn1. The molecule has 2 rings (SSSR count). The average Bonchev–Trinajstić information content (AvgIpc) is 2.78. The van der Waals surface area contributed by atoms with Crippen molar-refractivity contribution in [2.75, 3.05) is 0 Å². The number of aryl methyl sites for hydroxylation is 2. The van der Waals surface area contributed by atoms with Gasteiger partial charge >= 0.3 is 0 Å².